The standard InChI is InChI=1S/C15H14O4/c16-12-6-5-11(14(18)9-12)3-1-2-10-4-7-13(17)15(19)8-10/h1-2,4-9,16-19H,3H2. The number of aromatic hydroxyl groups is 4. The molecule has 19 heavy (non-hydrogen) atoms. The van der Waals surface area contributed by atoms with Gasteiger partial charge in [0, 0.05) is 6.07 Å². The Morgan fingerprint density at radius 2 is 1.58 bits per heavy atom. The molecule has 0 aromatic heterocycles. The number of hydrogen-bond acceptors (Lipinski definition) is 4. The molecule has 0 aliphatic rings. The Morgan fingerprint density at radius 1 is 0.789 bits per heavy atom. The lowest BCUT2D eigenvalue weighted by Crippen LogP contribution is -1.82. The van der Waals surface area contributed by atoms with Crippen LogP contribution in [0.25, 0.3) is 6.08 Å². The molecule has 0 unspecified atom stereocenters. The fraction of sp³-hybridized carbons (Fsp3) is 0.0667. The summed E-state index contributed by atoms with van der Waals surface area (Å²) in [7, 11) is 0. The molecular weight excluding hydrogens is 244 g/mol. The molecule has 0 bridgehead atoms. The molecule has 0 amide bonds. The van der Waals surface area contributed by atoms with E-state index >= 15 is 0 Å². The van der Waals surface area contributed by atoms with Crippen molar-refractivity contribution in [3.63, 3.8) is 0 Å². The predicted molar refractivity (Wildman–Crippen MR) is 72.3 cm³/mol. The monoisotopic (exact) mass is 258 g/mol. The lowest BCUT2D eigenvalue weighted by atomic mass is 10.1. The summed E-state index contributed by atoms with van der Waals surface area (Å²) in [5.41, 5.74) is 1.44. The number of rotatable bonds is 3. The maximum Gasteiger partial charge on any atom is 0.157 e. The summed E-state index contributed by atoms with van der Waals surface area (Å²) < 4.78 is 0. The average molecular weight is 258 g/mol. The van der Waals surface area contributed by atoms with Crippen molar-refractivity contribution in [2.75, 3.05) is 0 Å². The average Bonchev–Trinajstić information content (AvgIpc) is 2.36. The van der Waals surface area contributed by atoms with Crippen molar-refractivity contribution in [3.05, 3.63) is 53.6 Å². The van der Waals surface area contributed by atoms with Crippen molar-refractivity contribution < 1.29 is 20.4 Å². The molecule has 4 nitrogen and oxygen atoms in total. The second-order valence-electron chi connectivity index (χ2n) is 4.17. The second-order valence-corrected chi connectivity index (χ2v) is 4.17. The van der Waals surface area contributed by atoms with Crippen molar-refractivity contribution in [2.24, 2.45) is 0 Å². The molecule has 0 heterocycles. The molecule has 2 rings (SSSR count). The van der Waals surface area contributed by atoms with E-state index in [1.807, 2.05) is 6.08 Å². The SMILES string of the molecule is Oc1ccc(CC=Cc2ccc(O)c(O)c2)c(O)c1. The van der Waals surface area contributed by atoms with Gasteiger partial charge in [0.15, 0.2) is 11.5 Å². The van der Waals surface area contributed by atoms with Gasteiger partial charge in [0.1, 0.15) is 11.5 Å². The fourth-order valence-corrected chi connectivity index (χ4v) is 1.69. The van der Waals surface area contributed by atoms with E-state index in [2.05, 4.69) is 0 Å². The van der Waals surface area contributed by atoms with Crippen LogP contribution >= 0.6 is 0 Å². The van der Waals surface area contributed by atoms with Gasteiger partial charge in [-0.05, 0) is 35.7 Å². The smallest absolute Gasteiger partial charge is 0.157 e. The summed E-state index contributed by atoms with van der Waals surface area (Å²) in [6.07, 6.45) is 4.08. The third kappa shape index (κ3) is 3.19. The second kappa shape index (κ2) is 5.35. The van der Waals surface area contributed by atoms with Gasteiger partial charge < -0.3 is 20.4 Å². The van der Waals surface area contributed by atoms with Crippen LogP contribution in [0.5, 0.6) is 23.0 Å². The summed E-state index contributed by atoms with van der Waals surface area (Å²) in [6, 6.07) is 8.96. The van der Waals surface area contributed by atoms with E-state index in [1.54, 1.807) is 18.2 Å². The Bertz CT molecular complexity index is 618. The van der Waals surface area contributed by atoms with Gasteiger partial charge in [-0.3, -0.25) is 0 Å². The number of phenolic OH excluding ortho intramolecular Hbond substituents is 4. The fourth-order valence-electron chi connectivity index (χ4n) is 1.69. The first kappa shape index (κ1) is 12.8. The van der Waals surface area contributed by atoms with E-state index in [-0.39, 0.29) is 23.0 Å². The summed E-state index contributed by atoms with van der Waals surface area (Å²) >= 11 is 0. The van der Waals surface area contributed by atoms with E-state index in [0.717, 1.165) is 5.56 Å². The topological polar surface area (TPSA) is 80.9 Å². The molecule has 98 valence electrons. The van der Waals surface area contributed by atoms with E-state index in [9.17, 15) is 15.3 Å². The molecule has 0 atom stereocenters. The molecule has 4 heteroatoms. The van der Waals surface area contributed by atoms with Gasteiger partial charge in [-0.2, -0.15) is 0 Å². The summed E-state index contributed by atoms with van der Waals surface area (Å²) in [5.74, 6) is -0.269. The first-order valence-electron chi connectivity index (χ1n) is 5.75. The largest absolute Gasteiger partial charge is 0.508 e. The van der Waals surface area contributed by atoms with Gasteiger partial charge in [0.2, 0.25) is 0 Å². The zero-order chi connectivity index (χ0) is 13.8. The minimum Gasteiger partial charge on any atom is -0.508 e. The number of allylic oxidation sites excluding steroid dienone is 1. The Morgan fingerprint density at radius 3 is 2.26 bits per heavy atom. The third-order valence-electron chi connectivity index (χ3n) is 2.72. The van der Waals surface area contributed by atoms with Crippen LogP contribution in [0.3, 0.4) is 0 Å². The van der Waals surface area contributed by atoms with E-state index in [4.69, 9.17) is 5.11 Å². The van der Waals surface area contributed by atoms with Crippen LogP contribution in [0.15, 0.2) is 42.5 Å². The van der Waals surface area contributed by atoms with Gasteiger partial charge in [0.05, 0.1) is 0 Å². The maximum absolute atomic E-state index is 9.60. The van der Waals surface area contributed by atoms with Crippen LogP contribution < -0.4 is 0 Å². The lowest BCUT2D eigenvalue weighted by Gasteiger charge is -2.02. The van der Waals surface area contributed by atoms with Crippen molar-refractivity contribution in [3.8, 4) is 23.0 Å². The highest BCUT2D eigenvalue weighted by Crippen LogP contribution is 2.26. The minimum atomic E-state index is -0.172. The molecule has 0 saturated carbocycles. The first-order chi connectivity index (χ1) is 9.06. The van der Waals surface area contributed by atoms with Gasteiger partial charge in [0.25, 0.3) is 0 Å². The maximum atomic E-state index is 9.60. The molecule has 0 aliphatic heterocycles. The zero-order valence-electron chi connectivity index (χ0n) is 10.1. The van der Waals surface area contributed by atoms with E-state index in [0.29, 0.717) is 12.0 Å². The molecular formula is C15H14O4. The van der Waals surface area contributed by atoms with Crippen molar-refractivity contribution in [1.29, 1.82) is 0 Å². The highest BCUT2D eigenvalue weighted by atomic mass is 16.3. The molecule has 2 aromatic rings. The normalized spacial score (nSPS) is 10.9. The van der Waals surface area contributed by atoms with Crippen LogP contribution in [0.2, 0.25) is 0 Å². The Kier molecular flexibility index (Phi) is 3.61. The Balaban J connectivity index is 2.09. The van der Waals surface area contributed by atoms with Crippen LogP contribution in [0.1, 0.15) is 11.1 Å². The zero-order valence-corrected chi connectivity index (χ0v) is 10.1. The van der Waals surface area contributed by atoms with Crippen molar-refractivity contribution in [2.45, 2.75) is 6.42 Å². The molecule has 2 aromatic carbocycles. The highest BCUT2D eigenvalue weighted by molar-refractivity contribution is 5.55. The predicted octanol–water partition coefficient (Wildman–Crippen LogP) is 2.76. The van der Waals surface area contributed by atoms with Gasteiger partial charge in [-0.25, -0.2) is 0 Å². The molecule has 0 aliphatic carbocycles. The van der Waals surface area contributed by atoms with Crippen LogP contribution in [0, 0.1) is 0 Å². The molecule has 4 N–H and O–H groups in total. The van der Waals surface area contributed by atoms with Crippen LogP contribution in [-0.2, 0) is 6.42 Å². The quantitative estimate of drug-likeness (QED) is 0.638. The lowest BCUT2D eigenvalue weighted by molar-refractivity contribution is 0.403. The summed E-state index contributed by atoms with van der Waals surface area (Å²) in [6.45, 7) is 0. The van der Waals surface area contributed by atoms with Crippen LogP contribution in [0.4, 0.5) is 0 Å². The Hall–Kier alpha value is -2.62. The molecule has 0 fully saturated rings. The molecule has 0 radical (unpaired) electrons. The van der Waals surface area contributed by atoms with Gasteiger partial charge >= 0.3 is 0 Å². The highest BCUT2D eigenvalue weighted by Gasteiger charge is 2.01. The van der Waals surface area contributed by atoms with E-state index in [1.165, 1.54) is 24.3 Å². The Labute approximate surface area is 110 Å². The number of phenols is 4. The molecule has 0 spiro atoms. The van der Waals surface area contributed by atoms with Crippen molar-refractivity contribution in [1.82, 2.24) is 0 Å². The number of benzene rings is 2. The third-order valence-corrected chi connectivity index (χ3v) is 2.72. The van der Waals surface area contributed by atoms with Crippen molar-refractivity contribution >= 4 is 6.08 Å². The van der Waals surface area contributed by atoms with Gasteiger partial charge in [-0.1, -0.05) is 24.3 Å². The minimum absolute atomic E-state index is 0.0219. The van der Waals surface area contributed by atoms with Gasteiger partial charge in [-0.15, -0.1) is 0 Å². The summed E-state index contributed by atoms with van der Waals surface area (Å²) in [5, 5.41) is 37.3. The molecule has 0 saturated heterocycles. The first-order valence-corrected chi connectivity index (χ1v) is 5.75. The number of hydrogen-bond donors (Lipinski definition) is 4. The summed E-state index contributed by atoms with van der Waals surface area (Å²) in [4.78, 5) is 0. The van der Waals surface area contributed by atoms with Crippen LogP contribution in [-0.4, -0.2) is 20.4 Å². The van der Waals surface area contributed by atoms with E-state index < -0.39 is 0 Å².